The van der Waals surface area contributed by atoms with Gasteiger partial charge in [0.05, 0.1) is 11.6 Å². The quantitative estimate of drug-likeness (QED) is 0.286. The first-order chi connectivity index (χ1) is 16.1. The number of aliphatic hydroxyl groups is 1. The molecule has 3 rings (SSSR count). The third-order valence-electron chi connectivity index (χ3n) is 6.12. The molecule has 6 heteroatoms. The lowest BCUT2D eigenvalue weighted by atomic mass is 9.96. The van der Waals surface area contributed by atoms with Crippen LogP contribution in [0.25, 0.3) is 5.76 Å². The Labute approximate surface area is 196 Å². The van der Waals surface area contributed by atoms with Crippen molar-refractivity contribution >= 4 is 17.4 Å². The Kier molecular flexibility index (Phi) is 9.19. The van der Waals surface area contributed by atoms with Crippen molar-refractivity contribution in [1.82, 2.24) is 14.8 Å². The molecule has 0 bridgehead atoms. The molecule has 0 spiro atoms. The minimum Gasteiger partial charge on any atom is -0.507 e. The molecule has 2 heterocycles. The first kappa shape index (κ1) is 24.6. The van der Waals surface area contributed by atoms with E-state index < -0.39 is 17.7 Å². The van der Waals surface area contributed by atoms with E-state index in [2.05, 4.69) is 23.7 Å². The summed E-state index contributed by atoms with van der Waals surface area (Å²) in [7, 11) is 0. The molecule has 1 atom stereocenters. The number of benzene rings is 1. The molecule has 1 saturated heterocycles. The first-order valence-corrected chi connectivity index (χ1v) is 12.0. The Morgan fingerprint density at radius 3 is 2.24 bits per heavy atom. The largest absolute Gasteiger partial charge is 0.507 e. The van der Waals surface area contributed by atoms with Crippen molar-refractivity contribution in [1.29, 1.82) is 0 Å². The minimum atomic E-state index is -0.640. The van der Waals surface area contributed by atoms with Crippen molar-refractivity contribution in [2.75, 3.05) is 26.2 Å². The van der Waals surface area contributed by atoms with Crippen LogP contribution in [0.5, 0.6) is 0 Å². The van der Waals surface area contributed by atoms with Gasteiger partial charge >= 0.3 is 0 Å². The van der Waals surface area contributed by atoms with Crippen molar-refractivity contribution in [2.45, 2.75) is 52.0 Å². The van der Waals surface area contributed by atoms with Crippen molar-refractivity contribution < 1.29 is 14.7 Å². The summed E-state index contributed by atoms with van der Waals surface area (Å²) in [6.07, 6.45) is 8.70. The Morgan fingerprint density at radius 2 is 1.64 bits per heavy atom. The van der Waals surface area contributed by atoms with E-state index in [0.29, 0.717) is 12.1 Å². The van der Waals surface area contributed by atoms with Crippen LogP contribution in [-0.4, -0.2) is 57.8 Å². The van der Waals surface area contributed by atoms with E-state index in [1.54, 1.807) is 47.6 Å². The van der Waals surface area contributed by atoms with E-state index in [-0.39, 0.29) is 11.3 Å². The molecule has 1 aromatic carbocycles. The summed E-state index contributed by atoms with van der Waals surface area (Å²) < 4.78 is 0. The molecule has 1 aliphatic rings. The average molecular weight is 450 g/mol. The number of carbonyl (C=O) groups is 2. The standard InChI is InChI=1S/C27H35N3O3/c1-3-5-16-29(17-6-4-2)18-11-19-30-24(22-14-10-15-28-20-22)23(26(32)27(30)33)25(31)21-12-8-7-9-13-21/h7-10,12-15,20,24,31H,3-6,11,16-19H2,1-2H3/t24-/m0/s1. The summed E-state index contributed by atoms with van der Waals surface area (Å²) in [5, 5.41) is 11.0. The number of rotatable bonds is 12. The Bertz CT molecular complexity index is 936. The number of Topliss-reactive ketones (excluding diaryl/α,β-unsaturated/α-hetero) is 1. The van der Waals surface area contributed by atoms with Crippen LogP contribution in [0.3, 0.4) is 0 Å². The van der Waals surface area contributed by atoms with Gasteiger partial charge in [0.15, 0.2) is 0 Å². The zero-order valence-corrected chi connectivity index (χ0v) is 19.7. The second-order valence-electron chi connectivity index (χ2n) is 8.55. The second kappa shape index (κ2) is 12.3. The van der Waals surface area contributed by atoms with Crippen LogP contribution < -0.4 is 0 Å². The molecule has 1 aromatic heterocycles. The Balaban J connectivity index is 1.85. The highest BCUT2D eigenvalue weighted by Crippen LogP contribution is 2.39. The van der Waals surface area contributed by atoms with E-state index >= 15 is 0 Å². The van der Waals surface area contributed by atoms with Gasteiger partial charge in [-0.05, 0) is 50.5 Å². The number of hydrogen-bond donors (Lipinski definition) is 1. The van der Waals surface area contributed by atoms with Gasteiger partial charge in [0.1, 0.15) is 5.76 Å². The molecule has 0 unspecified atom stereocenters. The summed E-state index contributed by atoms with van der Waals surface area (Å²) in [6.45, 7) is 7.81. The fourth-order valence-corrected chi connectivity index (χ4v) is 4.31. The van der Waals surface area contributed by atoms with Gasteiger partial charge in [0.2, 0.25) is 0 Å². The Morgan fingerprint density at radius 1 is 0.970 bits per heavy atom. The van der Waals surface area contributed by atoms with Crippen LogP contribution in [0.4, 0.5) is 0 Å². The molecule has 1 aliphatic heterocycles. The van der Waals surface area contributed by atoms with Crippen LogP contribution in [0.1, 0.15) is 63.1 Å². The number of aliphatic hydroxyl groups excluding tert-OH is 1. The number of unbranched alkanes of at least 4 members (excludes halogenated alkanes) is 2. The Hall–Kier alpha value is -2.99. The molecule has 176 valence electrons. The van der Waals surface area contributed by atoms with Gasteiger partial charge in [-0.1, -0.05) is 63.1 Å². The lowest BCUT2D eigenvalue weighted by Crippen LogP contribution is -2.34. The van der Waals surface area contributed by atoms with Crippen molar-refractivity contribution in [3.63, 3.8) is 0 Å². The van der Waals surface area contributed by atoms with Crippen molar-refractivity contribution in [3.05, 3.63) is 71.6 Å². The highest BCUT2D eigenvalue weighted by atomic mass is 16.3. The number of aromatic nitrogens is 1. The topological polar surface area (TPSA) is 73.7 Å². The lowest BCUT2D eigenvalue weighted by molar-refractivity contribution is -0.140. The predicted octanol–water partition coefficient (Wildman–Crippen LogP) is 4.80. The molecule has 0 aliphatic carbocycles. The molecular formula is C27H35N3O3. The third-order valence-corrected chi connectivity index (χ3v) is 6.12. The number of likely N-dealkylation sites (tertiary alicyclic amines) is 1. The monoisotopic (exact) mass is 449 g/mol. The maximum Gasteiger partial charge on any atom is 0.295 e. The van der Waals surface area contributed by atoms with E-state index in [1.807, 2.05) is 12.1 Å². The average Bonchev–Trinajstić information content (AvgIpc) is 3.11. The summed E-state index contributed by atoms with van der Waals surface area (Å²) in [5.74, 6) is -1.34. The molecular weight excluding hydrogens is 414 g/mol. The van der Waals surface area contributed by atoms with Crippen molar-refractivity contribution in [3.8, 4) is 0 Å². The van der Waals surface area contributed by atoms with Gasteiger partial charge < -0.3 is 14.9 Å². The minimum absolute atomic E-state index is 0.132. The third kappa shape index (κ3) is 6.08. The predicted molar refractivity (Wildman–Crippen MR) is 131 cm³/mol. The first-order valence-electron chi connectivity index (χ1n) is 12.0. The number of ketones is 1. The van der Waals surface area contributed by atoms with Gasteiger partial charge in [-0.15, -0.1) is 0 Å². The number of hydrogen-bond acceptors (Lipinski definition) is 5. The van der Waals surface area contributed by atoms with E-state index in [9.17, 15) is 14.7 Å². The summed E-state index contributed by atoms with van der Waals surface area (Å²) >= 11 is 0. The van der Waals surface area contributed by atoms with Gasteiger partial charge in [0.25, 0.3) is 11.7 Å². The van der Waals surface area contributed by atoms with E-state index in [0.717, 1.165) is 57.3 Å². The molecule has 0 radical (unpaired) electrons. The molecule has 33 heavy (non-hydrogen) atoms. The van der Waals surface area contributed by atoms with Gasteiger partial charge in [-0.2, -0.15) is 0 Å². The fraction of sp³-hybridized carbons (Fsp3) is 0.444. The summed E-state index contributed by atoms with van der Waals surface area (Å²) in [4.78, 5) is 34.4. The molecule has 1 N–H and O–H groups in total. The zero-order valence-electron chi connectivity index (χ0n) is 19.7. The normalized spacial score (nSPS) is 17.8. The lowest BCUT2D eigenvalue weighted by Gasteiger charge is -2.27. The van der Waals surface area contributed by atoms with Crippen molar-refractivity contribution in [2.24, 2.45) is 0 Å². The highest BCUT2D eigenvalue weighted by molar-refractivity contribution is 6.46. The van der Waals surface area contributed by atoms with E-state index in [4.69, 9.17) is 0 Å². The second-order valence-corrected chi connectivity index (χ2v) is 8.55. The summed E-state index contributed by atoms with van der Waals surface area (Å²) in [6, 6.07) is 11.9. The molecule has 6 nitrogen and oxygen atoms in total. The molecule has 2 aromatic rings. The zero-order chi connectivity index (χ0) is 23.6. The number of nitrogens with zero attached hydrogens (tertiary/aromatic N) is 3. The number of amides is 1. The van der Waals surface area contributed by atoms with Gasteiger partial charge in [-0.25, -0.2) is 0 Å². The van der Waals surface area contributed by atoms with E-state index in [1.165, 1.54) is 0 Å². The smallest absolute Gasteiger partial charge is 0.295 e. The number of pyridine rings is 1. The van der Waals surface area contributed by atoms with Crippen LogP contribution in [0.2, 0.25) is 0 Å². The van der Waals surface area contributed by atoms with Crippen LogP contribution in [0, 0.1) is 0 Å². The van der Waals surface area contributed by atoms with Gasteiger partial charge in [-0.3, -0.25) is 14.6 Å². The SMILES string of the molecule is CCCCN(CCCC)CCCN1C(=O)C(=O)C(=C(O)c2ccccc2)[C@@H]1c1cccnc1. The molecule has 0 saturated carbocycles. The summed E-state index contributed by atoms with van der Waals surface area (Å²) in [5.41, 5.74) is 1.38. The highest BCUT2D eigenvalue weighted by Gasteiger charge is 2.45. The van der Waals surface area contributed by atoms with Crippen LogP contribution >= 0.6 is 0 Å². The molecule has 1 fully saturated rings. The fourth-order valence-electron chi connectivity index (χ4n) is 4.31. The maximum atomic E-state index is 13.1. The molecule has 1 amide bonds. The maximum absolute atomic E-state index is 13.1. The van der Waals surface area contributed by atoms with Crippen LogP contribution in [0.15, 0.2) is 60.4 Å². The number of carbonyl (C=O) groups excluding carboxylic acids is 2. The van der Waals surface area contributed by atoms with Gasteiger partial charge in [0, 0.05) is 24.5 Å². The van der Waals surface area contributed by atoms with Crippen LogP contribution in [-0.2, 0) is 9.59 Å².